The fourth-order valence-electron chi connectivity index (χ4n) is 1.45. The van der Waals surface area contributed by atoms with Crippen molar-refractivity contribution in [2.24, 2.45) is 0 Å². The first kappa shape index (κ1) is 12.0. The summed E-state index contributed by atoms with van der Waals surface area (Å²) in [5, 5.41) is 10.6. The lowest BCUT2D eigenvalue weighted by Gasteiger charge is -2.09. The minimum atomic E-state index is 0.818. The number of pyridine rings is 2. The van der Waals surface area contributed by atoms with Gasteiger partial charge in [0.05, 0.1) is 11.9 Å². The first-order chi connectivity index (χ1) is 8.19. The average molecular weight is 338 g/mol. The molecule has 17 heavy (non-hydrogen) atoms. The fourth-order valence-corrected chi connectivity index (χ4v) is 1.92. The number of rotatable bonds is 3. The van der Waals surface area contributed by atoms with E-state index in [9.17, 15) is 0 Å². The van der Waals surface area contributed by atoms with Crippen LogP contribution in [0.2, 0.25) is 0 Å². The second-order valence-corrected chi connectivity index (χ2v) is 4.65. The Balaban J connectivity index is 2.32. The van der Waals surface area contributed by atoms with Gasteiger partial charge in [-0.1, -0.05) is 0 Å². The molecule has 2 rings (SSSR count). The zero-order chi connectivity index (χ0) is 12.3. The number of nitrogens with one attached hydrogen (secondary N) is 2. The Bertz CT molecular complexity index is 554. The maximum Gasteiger partial charge on any atom is 0.102 e. The molecule has 2 aromatic rings. The Hall–Kier alpha value is -1.50. The molecule has 0 radical (unpaired) electrons. The fraction of sp³-hybridized carbons (Fsp3) is 0.0833. The van der Waals surface area contributed by atoms with Gasteiger partial charge >= 0.3 is 0 Å². The van der Waals surface area contributed by atoms with Crippen LogP contribution in [0.1, 0.15) is 11.3 Å². The molecule has 0 aliphatic heterocycles. The van der Waals surface area contributed by atoms with E-state index in [-0.39, 0.29) is 0 Å². The topological polar surface area (TPSA) is 61.7 Å². The molecule has 0 amide bonds. The van der Waals surface area contributed by atoms with Gasteiger partial charge in [0.25, 0.3) is 0 Å². The number of hydrogen-bond acceptors (Lipinski definition) is 4. The van der Waals surface area contributed by atoms with Crippen LogP contribution < -0.4 is 5.32 Å². The Morgan fingerprint density at radius 3 is 2.88 bits per heavy atom. The van der Waals surface area contributed by atoms with E-state index in [1.807, 2.05) is 25.1 Å². The van der Waals surface area contributed by atoms with Crippen LogP contribution in [0.4, 0.5) is 11.4 Å². The molecular weight excluding hydrogens is 327 g/mol. The van der Waals surface area contributed by atoms with Crippen molar-refractivity contribution in [3.63, 3.8) is 0 Å². The molecule has 0 saturated carbocycles. The summed E-state index contributed by atoms with van der Waals surface area (Å²) in [5.74, 6) is 0. The maximum atomic E-state index is 7.38. The Labute approximate surface area is 113 Å². The van der Waals surface area contributed by atoms with Crippen LogP contribution in [0.25, 0.3) is 0 Å². The van der Waals surface area contributed by atoms with Crippen molar-refractivity contribution in [3.05, 3.63) is 45.6 Å². The van der Waals surface area contributed by atoms with E-state index in [1.165, 1.54) is 6.21 Å². The van der Waals surface area contributed by atoms with Crippen LogP contribution in [0, 0.1) is 16.0 Å². The number of nitrogens with zero attached hydrogens (tertiary/aromatic N) is 2. The van der Waals surface area contributed by atoms with E-state index in [2.05, 4.69) is 37.9 Å². The number of hydrogen-bond donors (Lipinski definition) is 2. The zero-order valence-corrected chi connectivity index (χ0v) is 11.4. The third kappa shape index (κ3) is 3.00. The first-order valence-electron chi connectivity index (χ1n) is 5.05. The minimum Gasteiger partial charge on any atom is -0.354 e. The molecule has 0 aliphatic carbocycles. The van der Waals surface area contributed by atoms with Gasteiger partial charge in [0.1, 0.15) is 3.70 Å². The molecule has 0 saturated heterocycles. The summed E-state index contributed by atoms with van der Waals surface area (Å²) < 4.78 is 0.873. The number of halogens is 1. The van der Waals surface area contributed by atoms with Crippen molar-refractivity contribution in [2.45, 2.75) is 6.92 Å². The molecule has 0 unspecified atom stereocenters. The zero-order valence-electron chi connectivity index (χ0n) is 9.24. The van der Waals surface area contributed by atoms with Crippen molar-refractivity contribution >= 4 is 40.2 Å². The van der Waals surface area contributed by atoms with E-state index < -0.39 is 0 Å². The molecule has 0 atom stereocenters. The van der Waals surface area contributed by atoms with Crippen molar-refractivity contribution in [1.82, 2.24) is 9.97 Å². The second kappa shape index (κ2) is 5.22. The summed E-state index contributed by atoms with van der Waals surface area (Å²) in [6, 6.07) is 5.70. The third-order valence-corrected chi connectivity index (χ3v) is 2.82. The summed E-state index contributed by atoms with van der Waals surface area (Å²) in [4.78, 5) is 8.35. The molecule has 2 heterocycles. The molecule has 5 heteroatoms. The summed E-state index contributed by atoms with van der Waals surface area (Å²) in [6.07, 6.45) is 4.81. The highest BCUT2D eigenvalue weighted by atomic mass is 127. The highest BCUT2D eigenvalue weighted by molar-refractivity contribution is 14.1. The normalized spacial score (nSPS) is 10.0. The van der Waals surface area contributed by atoms with E-state index >= 15 is 0 Å². The van der Waals surface area contributed by atoms with E-state index in [0.717, 1.165) is 26.3 Å². The second-order valence-electron chi connectivity index (χ2n) is 3.55. The molecule has 4 nitrogen and oxygen atoms in total. The number of aromatic nitrogens is 2. The van der Waals surface area contributed by atoms with Crippen LogP contribution in [0.3, 0.4) is 0 Å². The Kier molecular flexibility index (Phi) is 3.68. The maximum absolute atomic E-state index is 7.38. The van der Waals surface area contributed by atoms with Gasteiger partial charge in [0.15, 0.2) is 0 Å². The molecular formula is C12H11IN4. The first-order valence-corrected chi connectivity index (χ1v) is 6.12. The van der Waals surface area contributed by atoms with Gasteiger partial charge in [-0.3, -0.25) is 4.98 Å². The van der Waals surface area contributed by atoms with Gasteiger partial charge in [-0.15, -0.1) is 0 Å². The van der Waals surface area contributed by atoms with Gasteiger partial charge in [0, 0.05) is 29.4 Å². The van der Waals surface area contributed by atoms with Gasteiger partial charge < -0.3 is 10.7 Å². The van der Waals surface area contributed by atoms with E-state index in [4.69, 9.17) is 5.41 Å². The van der Waals surface area contributed by atoms with E-state index in [1.54, 1.807) is 12.4 Å². The predicted molar refractivity (Wildman–Crippen MR) is 77.1 cm³/mol. The highest BCUT2D eigenvalue weighted by Crippen LogP contribution is 2.20. The smallest absolute Gasteiger partial charge is 0.102 e. The van der Waals surface area contributed by atoms with Crippen molar-refractivity contribution in [1.29, 1.82) is 5.41 Å². The number of aryl methyl sites for hydroxylation is 1. The molecule has 0 aliphatic rings. The highest BCUT2D eigenvalue weighted by Gasteiger charge is 2.02. The molecule has 2 aromatic heterocycles. The number of anilines is 2. The van der Waals surface area contributed by atoms with Gasteiger partial charge in [-0.25, -0.2) is 4.98 Å². The molecule has 0 aromatic carbocycles. The molecule has 0 fully saturated rings. The van der Waals surface area contributed by atoms with Gasteiger partial charge in [-0.2, -0.15) is 0 Å². The van der Waals surface area contributed by atoms with Crippen LogP contribution in [-0.4, -0.2) is 16.2 Å². The third-order valence-electron chi connectivity index (χ3n) is 2.23. The quantitative estimate of drug-likeness (QED) is 0.514. The molecule has 2 N–H and O–H groups in total. The Morgan fingerprint density at radius 1 is 1.35 bits per heavy atom. The lowest BCUT2D eigenvalue weighted by molar-refractivity contribution is 1.20. The van der Waals surface area contributed by atoms with Crippen molar-refractivity contribution in [2.75, 3.05) is 5.32 Å². The van der Waals surface area contributed by atoms with Crippen molar-refractivity contribution in [3.8, 4) is 0 Å². The summed E-state index contributed by atoms with van der Waals surface area (Å²) >= 11 is 2.13. The summed E-state index contributed by atoms with van der Waals surface area (Å²) in [6.45, 7) is 1.94. The monoisotopic (exact) mass is 338 g/mol. The lowest BCUT2D eigenvalue weighted by Crippen LogP contribution is -1.98. The molecule has 86 valence electrons. The lowest BCUT2D eigenvalue weighted by atomic mass is 10.2. The Morgan fingerprint density at radius 2 is 2.18 bits per heavy atom. The summed E-state index contributed by atoms with van der Waals surface area (Å²) in [7, 11) is 0. The SMILES string of the molecule is Cc1cc(Nc2cnc(I)cc2C=N)ccn1. The van der Waals surface area contributed by atoms with Gasteiger partial charge in [0.2, 0.25) is 0 Å². The van der Waals surface area contributed by atoms with Gasteiger partial charge in [-0.05, 0) is 47.7 Å². The average Bonchev–Trinajstić information content (AvgIpc) is 2.31. The minimum absolute atomic E-state index is 0.818. The van der Waals surface area contributed by atoms with Crippen LogP contribution >= 0.6 is 22.6 Å². The standard InChI is InChI=1S/C12H11IN4/c1-8-4-10(2-3-15-8)17-11-7-16-12(13)5-9(11)6-14/h2-7,14H,1H3,(H,15,17). The summed E-state index contributed by atoms with van der Waals surface area (Å²) in [5.41, 5.74) is 3.54. The van der Waals surface area contributed by atoms with E-state index in [0.29, 0.717) is 0 Å². The van der Waals surface area contributed by atoms with Crippen LogP contribution in [0.5, 0.6) is 0 Å². The predicted octanol–water partition coefficient (Wildman–Crippen LogP) is 3.13. The van der Waals surface area contributed by atoms with Crippen LogP contribution in [-0.2, 0) is 0 Å². The van der Waals surface area contributed by atoms with Crippen LogP contribution in [0.15, 0.2) is 30.6 Å². The molecule has 0 bridgehead atoms. The largest absolute Gasteiger partial charge is 0.354 e. The molecule has 0 spiro atoms. The van der Waals surface area contributed by atoms with Crippen molar-refractivity contribution < 1.29 is 0 Å².